The molecule has 0 bridgehead atoms. The summed E-state index contributed by atoms with van der Waals surface area (Å²) in [5, 5.41) is 0. The molecule has 0 fully saturated rings. The van der Waals surface area contributed by atoms with Crippen LogP contribution in [0.25, 0.3) is 11.1 Å². The minimum Gasteiger partial charge on any atom is -0.0654 e. The average Bonchev–Trinajstić information content (AvgIpc) is 3.29. The van der Waals surface area contributed by atoms with Crippen LogP contribution in [0.15, 0.2) is 72.8 Å². The first-order valence-corrected chi connectivity index (χ1v) is 17.5. The fraction of sp³-hybridized carbons (Fsp3) is 0.442. The molecule has 0 unspecified atom stereocenters. The second kappa shape index (κ2) is 14.1. The number of hydrogen-bond acceptors (Lipinski definition) is 0. The molecular weight excluding hydrogens is 516 g/mol. The van der Waals surface area contributed by atoms with Crippen LogP contribution in [0.5, 0.6) is 0 Å². The van der Waals surface area contributed by atoms with Crippen LogP contribution in [-0.2, 0) is 31.1 Å². The van der Waals surface area contributed by atoms with E-state index in [1.807, 2.05) is 0 Å². The molecule has 43 heavy (non-hydrogen) atoms. The molecule has 226 valence electrons. The smallest absolute Gasteiger partial charge is 0.0654 e. The normalized spacial score (nSPS) is 13.3. The van der Waals surface area contributed by atoms with E-state index in [0.717, 1.165) is 25.7 Å². The van der Waals surface area contributed by atoms with Crippen LogP contribution in [0.1, 0.15) is 135 Å². The third-order valence-corrected chi connectivity index (χ3v) is 9.87. The van der Waals surface area contributed by atoms with Crippen LogP contribution < -0.4 is 0 Å². The van der Waals surface area contributed by atoms with Gasteiger partial charge in [0.15, 0.2) is 0 Å². The monoisotopic (exact) mass is 570 g/mol. The van der Waals surface area contributed by atoms with Gasteiger partial charge in [-0.05, 0) is 121 Å². The van der Waals surface area contributed by atoms with Crippen LogP contribution in [0.4, 0.5) is 0 Å². The maximum atomic E-state index is 2.56. The molecule has 0 nitrogen and oxygen atoms in total. The number of aryl methyl sites for hydroxylation is 6. The lowest BCUT2D eigenvalue weighted by molar-refractivity contribution is 0.672. The molecule has 4 aromatic rings. The Morgan fingerprint density at radius 2 is 0.767 bits per heavy atom. The first kappa shape index (κ1) is 31.3. The largest absolute Gasteiger partial charge is 0.0724 e. The molecule has 0 saturated carbocycles. The summed E-state index contributed by atoms with van der Waals surface area (Å²) in [6, 6.07) is 29.3. The van der Waals surface area contributed by atoms with Gasteiger partial charge in [0.2, 0.25) is 0 Å². The second-order valence-corrected chi connectivity index (χ2v) is 13.2. The summed E-state index contributed by atoms with van der Waals surface area (Å²) in [7, 11) is 0. The molecule has 1 aliphatic carbocycles. The molecule has 5 rings (SSSR count). The number of fused-ring (bicyclic) bond motifs is 3. The molecule has 0 saturated heterocycles. The third-order valence-electron chi connectivity index (χ3n) is 9.87. The first-order valence-electron chi connectivity index (χ1n) is 17.5. The van der Waals surface area contributed by atoms with Crippen LogP contribution in [-0.4, -0.2) is 0 Å². The Bertz CT molecular complexity index is 1360. The van der Waals surface area contributed by atoms with E-state index in [1.165, 1.54) is 84.7 Å². The molecular formula is C43H54. The summed E-state index contributed by atoms with van der Waals surface area (Å²) < 4.78 is 0. The van der Waals surface area contributed by atoms with Gasteiger partial charge in [-0.15, -0.1) is 0 Å². The van der Waals surface area contributed by atoms with Crippen LogP contribution in [0, 0.1) is 13.8 Å². The van der Waals surface area contributed by atoms with Gasteiger partial charge in [0.05, 0.1) is 5.41 Å². The fourth-order valence-electron chi connectivity index (χ4n) is 7.79. The predicted octanol–water partition coefficient (Wildman–Crippen LogP) is 12.0. The van der Waals surface area contributed by atoms with Gasteiger partial charge in [-0.2, -0.15) is 0 Å². The maximum absolute atomic E-state index is 2.56. The Balaban J connectivity index is 2.03. The van der Waals surface area contributed by atoms with Crippen molar-refractivity contribution < 1.29 is 0 Å². The Labute approximate surface area is 263 Å². The van der Waals surface area contributed by atoms with Gasteiger partial charge >= 0.3 is 0 Å². The first-order chi connectivity index (χ1) is 21.0. The van der Waals surface area contributed by atoms with Crippen LogP contribution >= 0.6 is 0 Å². The van der Waals surface area contributed by atoms with Crippen molar-refractivity contribution in [1.29, 1.82) is 0 Å². The maximum Gasteiger partial charge on any atom is 0.0724 e. The SMILES string of the molecule is CCCCc1cccc(CCCC)c1C1(c2c(CCCC)cccc2CCCC)c2cc(C)ccc2-c2ccc(C)cc21. The molecule has 4 aromatic carbocycles. The van der Waals surface area contributed by atoms with Gasteiger partial charge in [0.25, 0.3) is 0 Å². The van der Waals surface area contributed by atoms with E-state index in [0.29, 0.717) is 0 Å². The van der Waals surface area contributed by atoms with Crippen LogP contribution in [0.2, 0.25) is 0 Å². The lowest BCUT2D eigenvalue weighted by Crippen LogP contribution is -2.34. The molecule has 0 N–H and O–H groups in total. The summed E-state index contributed by atoms with van der Waals surface area (Å²) in [5.41, 5.74) is 17.7. The quantitative estimate of drug-likeness (QED) is 0.125. The molecule has 0 aliphatic heterocycles. The summed E-state index contributed by atoms with van der Waals surface area (Å²) in [4.78, 5) is 0. The van der Waals surface area contributed by atoms with Crippen molar-refractivity contribution in [2.75, 3.05) is 0 Å². The Hall–Kier alpha value is -3.12. The standard InChI is InChI=1S/C43H54/c1-7-11-17-33-21-15-22-34(18-12-8-2)41(33)43(42-35(19-13-9-3)23-16-24-36(42)20-14-10-4)39-29-31(5)25-27-37(39)38-28-26-32(6)30-40(38)43/h15-16,21-30H,7-14,17-20H2,1-6H3. The van der Waals surface area contributed by atoms with E-state index >= 15 is 0 Å². The second-order valence-electron chi connectivity index (χ2n) is 13.2. The van der Waals surface area contributed by atoms with E-state index in [2.05, 4.69) is 114 Å². The van der Waals surface area contributed by atoms with Gasteiger partial charge < -0.3 is 0 Å². The van der Waals surface area contributed by atoms with Gasteiger partial charge in [-0.1, -0.05) is 137 Å². The topological polar surface area (TPSA) is 0 Å². The van der Waals surface area contributed by atoms with Gasteiger partial charge in [0.1, 0.15) is 0 Å². The van der Waals surface area contributed by atoms with Gasteiger partial charge in [-0.25, -0.2) is 0 Å². The highest BCUT2D eigenvalue weighted by atomic mass is 14.5. The van der Waals surface area contributed by atoms with E-state index in [-0.39, 0.29) is 5.41 Å². The summed E-state index contributed by atoms with van der Waals surface area (Å²) in [5.74, 6) is 0. The highest BCUT2D eigenvalue weighted by Gasteiger charge is 2.50. The molecule has 0 heteroatoms. The lowest BCUT2D eigenvalue weighted by Gasteiger charge is -2.40. The van der Waals surface area contributed by atoms with E-state index in [1.54, 1.807) is 33.4 Å². The van der Waals surface area contributed by atoms with Gasteiger partial charge in [-0.3, -0.25) is 0 Å². The molecule has 0 amide bonds. The highest BCUT2D eigenvalue weighted by molar-refractivity contribution is 5.88. The molecule has 0 atom stereocenters. The number of rotatable bonds is 14. The van der Waals surface area contributed by atoms with E-state index in [4.69, 9.17) is 0 Å². The van der Waals surface area contributed by atoms with E-state index in [9.17, 15) is 0 Å². The minimum atomic E-state index is -0.316. The summed E-state index contributed by atoms with van der Waals surface area (Å²) >= 11 is 0. The Morgan fingerprint density at radius 1 is 0.442 bits per heavy atom. The molecule has 0 radical (unpaired) electrons. The fourth-order valence-corrected chi connectivity index (χ4v) is 7.79. The molecule has 0 aromatic heterocycles. The average molecular weight is 571 g/mol. The number of hydrogen-bond donors (Lipinski definition) is 0. The van der Waals surface area contributed by atoms with Crippen molar-refractivity contribution in [3.63, 3.8) is 0 Å². The highest BCUT2D eigenvalue weighted by Crippen LogP contribution is 2.59. The zero-order valence-electron chi connectivity index (χ0n) is 27.9. The molecule has 0 heterocycles. The Morgan fingerprint density at radius 3 is 1.07 bits per heavy atom. The molecule has 1 aliphatic rings. The molecule has 0 spiro atoms. The van der Waals surface area contributed by atoms with Gasteiger partial charge in [0, 0.05) is 0 Å². The Kier molecular flexibility index (Phi) is 10.3. The zero-order chi connectivity index (χ0) is 30.4. The van der Waals surface area contributed by atoms with E-state index < -0.39 is 0 Å². The lowest BCUT2D eigenvalue weighted by atomic mass is 9.61. The summed E-state index contributed by atoms with van der Waals surface area (Å²) in [6.07, 6.45) is 14.3. The number of unbranched alkanes of at least 4 members (excludes halogenated alkanes) is 4. The van der Waals surface area contributed by atoms with Crippen molar-refractivity contribution in [3.05, 3.63) is 128 Å². The minimum absolute atomic E-state index is 0.316. The predicted molar refractivity (Wildman–Crippen MR) is 188 cm³/mol. The van der Waals surface area contributed by atoms with Crippen LogP contribution in [0.3, 0.4) is 0 Å². The number of benzene rings is 4. The van der Waals surface area contributed by atoms with Crippen molar-refractivity contribution in [2.24, 2.45) is 0 Å². The van der Waals surface area contributed by atoms with Crippen molar-refractivity contribution in [3.8, 4) is 11.1 Å². The van der Waals surface area contributed by atoms with Crippen molar-refractivity contribution in [2.45, 2.75) is 124 Å². The van der Waals surface area contributed by atoms with Crippen molar-refractivity contribution >= 4 is 0 Å². The summed E-state index contributed by atoms with van der Waals surface area (Å²) in [6.45, 7) is 13.9. The third kappa shape index (κ3) is 5.87. The van der Waals surface area contributed by atoms with Crippen molar-refractivity contribution in [1.82, 2.24) is 0 Å². The zero-order valence-corrected chi connectivity index (χ0v) is 27.9.